The molecular weight excluding hydrogens is 468 g/mol. The minimum Gasteiger partial charge on any atom is -0.332 e. The van der Waals surface area contributed by atoms with Crippen LogP contribution in [0.15, 0.2) is 59.5 Å². The third-order valence-corrected chi connectivity index (χ3v) is 5.72. The van der Waals surface area contributed by atoms with E-state index in [4.69, 9.17) is 12.2 Å². The van der Waals surface area contributed by atoms with Crippen LogP contribution in [0.25, 0.3) is 0 Å². The van der Waals surface area contributed by atoms with Gasteiger partial charge < -0.3 is 5.32 Å². The lowest BCUT2D eigenvalue weighted by molar-refractivity contribution is -0.384. The van der Waals surface area contributed by atoms with Crippen molar-refractivity contribution in [2.75, 3.05) is 10.0 Å². The van der Waals surface area contributed by atoms with Gasteiger partial charge in [-0.05, 0) is 62.5 Å². The topological polar surface area (TPSA) is 156 Å². The summed E-state index contributed by atoms with van der Waals surface area (Å²) >= 11 is 5.09. The van der Waals surface area contributed by atoms with Crippen LogP contribution >= 0.6 is 12.2 Å². The van der Waals surface area contributed by atoms with E-state index >= 15 is 0 Å². The first-order chi connectivity index (χ1) is 15.5. The summed E-state index contributed by atoms with van der Waals surface area (Å²) in [5.41, 5.74) is 1.51. The molecule has 3 N–H and O–H groups in total. The van der Waals surface area contributed by atoms with E-state index in [1.54, 1.807) is 19.9 Å². The molecule has 0 atom stereocenters. The first kappa shape index (κ1) is 23.7. The molecule has 0 aliphatic heterocycles. The van der Waals surface area contributed by atoms with Gasteiger partial charge in [-0.15, -0.1) is 0 Å². The average molecular weight is 487 g/mol. The predicted molar refractivity (Wildman–Crippen MR) is 126 cm³/mol. The fourth-order valence-electron chi connectivity index (χ4n) is 2.77. The average Bonchev–Trinajstić information content (AvgIpc) is 2.73. The zero-order valence-corrected chi connectivity index (χ0v) is 19.0. The van der Waals surface area contributed by atoms with Crippen molar-refractivity contribution in [3.63, 3.8) is 0 Å². The molecule has 0 bridgehead atoms. The Morgan fingerprint density at radius 1 is 1.03 bits per heavy atom. The molecule has 1 aromatic heterocycles. The second-order valence-electron chi connectivity index (χ2n) is 6.82. The van der Waals surface area contributed by atoms with Crippen LogP contribution in [0.1, 0.15) is 21.7 Å². The molecule has 3 aromatic rings. The minimum absolute atomic E-state index is 0.0256. The van der Waals surface area contributed by atoms with Crippen LogP contribution in [0, 0.1) is 24.0 Å². The van der Waals surface area contributed by atoms with Crippen LogP contribution in [0.2, 0.25) is 0 Å². The zero-order chi connectivity index (χ0) is 24.2. The van der Waals surface area contributed by atoms with Crippen molar-refractivity contribution in [2.24, 2.45) is 0 Å². The molecule has 0 aliphatic carbocycles. The lowest BCUT2D eigenvalue weighted by Gasteiger charge is -2.11. The molecule has 0 spiro atoms. The fraction of sp³-hybridized carbons (Fsp3) is 0.100. The van der Waals surface area contributed by atoms with Gasteiger partial charge in [-0.2, -0.15) is 0 Å². The van der Waals surface area contributed by atoms with E-state index in [-0.39, 0.29) is 27.2 Å². The number of amides is 1. The van der Waals surface area contributed by atoms with Crippen molar-refractivity contribution in [3.05, 3.63) is 81.7 Å². The number of nitrogens with one attached hydrogen (secondary N) is 3. The smallest absolute Gasteiger partial charge is 0.270 e. The Kier molecular flexibility index (Phi) is 6.94. The summed E-state index contributed by atoms with van der Waals surface area (Å²) in [5.74, 6) is -0.659. The van der Waals surface area contributed by atoms with Crippen molar-refractivity contribution >= 4 is 50.6 Å². The number of thiocarbonyl (C=S) groups is 1. The Labute approximate surface area is 194 Å². The lowest BCUT2D eigenvalue weighted by Crippen LogP contribution is -2.34. The second kappa shape index (κ2) is 9.67. The molecule has 1 heterocycles. The summed E-state index contributed by atoms with van der Waals surface area (Å²) in [5, 5.41) is 15.9. The maximum Gasteiger partial charge on any atom is 0.270 e. The first-order valence-electron chi connectivity index (χ1n) is 9.35. The normalized spacial score (nSPS) is 10.8. The molecule has 0 radical (unpaired) electrons. The number of nitro benzene ring substituents is 1. The van der Waals surface area contributed by atoms with Gasteiger partial charge in [0.15, 0.2) is 5.11 Å². The van der Waals surface area contributed by atoms with E-state index in [0.29, 0.717) is 17.1 Å². The van der Waals surface area contributed by atoms with Gasteiger partial charge in [-0.1, -0.05) is 6.07 Å². The van der Waals surface area contributed by atoms with E-state index in [2.05, 4.69) is 25.3 Å². The number of hydrogen-bond acceptors (Lipinski definition) is 8. The second-order valence-corrected chi connectivity index (χ2v) is 8.91. The molecular formula is C20H18N6O5S2. The summed E-state index contributed by atoms with van der Waals surface area (Å²) in [6.07, 6.45) is 0. The highest BCUT2D eigenvalue weighted by atomic mass is 32.2. The van der Waals surface area contributed by atoms with E-state index in [1.165, 1.54) is 42.5 Å². The van der Waals surface area contributed by atoms with E-state index in [1.807, 2.05) is 0 Å². The van der Waals surface area contributed by atoms with Gasteiger partial charge in [0.1, 0.15) is 0 Å². The monoisotopic (exact) mass is 486 g/mol. The zero-order valence-electron chi connectivity index (χ0n) is 17.4. The number of carbonyl (C=O) groups excluding carboxylic acids is 1. The molecule has 0 fully saturated rings. The van der Waals surface area contributed by atoms with Crippen LogP contribution in [0.4, 0.5) is 17.3 Å². The Morgan fingerprint density at radius 2 is 1.67 bits per heavy atom. The molecule has 3 rings (SSSR count). The summed E-state index contributed by atoms with van der Waals surface area (Å²) in [7, 11) is -3.92. The first-order valence-corrected chi connectivity index (χ1v) is 11.2. The Bertz CT molecular complexity index is 1320. The number of nitrogens with zero attached hydrogens (tertiary/aromatic N) is 3. The maximum atomic E-state index is 12.6. The molecule has 33 heavy (non-hydrogen) atoms. The molecule has 0 saturated carbocycles. The number of nitro groups is 1. The van der Waals surface area contributed by atoms with Crippen molar-refractivity contribution in [1.82, 2.24) is 15.3 Å². The molecule has 1 amide bonds. The molecule has 11 nitrogen and oxygen atoms in total. The van der Waals surface area contributed by atoms with Crippen LogP contribution in [-0.4, -0.2) is 34.3 Å². The SMILES string of the molecule is Cc1cc(C)nc(NS(=O)(=O)c2ccc(NC(=S)NC(=O)c3cccc([N+](=O)[O-])c3)cc2)n1. The van der Waals surface area contributed by atoms with Crippen LogP contribution in [0.3, 0.4) is 0 Å². The molecule has 170 valence electrons. The number of aryl methyl sites for hydroxylation is 2. The Morgan fingerprint density at radius 3 is 2.27 bits per heavy atom. The Hall–Kier alpha value is -3.97. The maximum absolute atomic E-state index is 12.6. The van der Waals surface area contributed by atoms with Gasteiger partial charge in [0.25, 0.3) is 21.6 Å². The van der Waals surface area contributed by atoms with Gasteiger partial charge in [-0.25, -0.2) is 23.1 Å². The number of rotatable bonds is 6. The summed E-state index contributed by atoms with van der Waals surface area (Å²) < 4.78 is 27.5. The van der Waals surface area contributed by atoms with Crippen LogP contribution in [-0.2, 0) is 10.0 Å². The van der Waals surface area contributed by atoms with Crippen molar-refractivity contribution in [2.45, 2.75) is 18.7 Å². The highest BCUT2D eigenvalue weighted by Gasteiger charge is 2.17. The number of anilines is 2. The van der Waals surface area contributed by atoms with Gasteiger partial charge in [-0.3, -0.25) is 20.2 Å². The van der Waals surface area contributed by atoms with Gasteiger partial charge in [0.2, 0.25) is 5.95 Å². The van der Waals surface area contributed by atoms with Crippen LogP contribution < -0.4 is 15.4 Å². The number of aromatic nitrogens is 2. The van der Waals surface area contributed by atoms with Crippen LogP contribution in [0.5, 0.6) is 0 Å². The summed E-state index contributed by atoms with van der Waals surface area (Å²) in [6.45, 7) is 3.46. The molecule has 0 saturated heterocycles. The number of hydrogen-bond donors (Lipinski definition) is 3. The van der Waals surface area contributed by atoms with E-state index in [9.17, 15) is 23.3 Å². The van der Waals surface area contributed by atoms with Gasteiger partial charge in [0.05, 0.1) is 9.82 Å². The van der Waals surface area contributed by atoms with Gasteiger partial charge >= 0.3 is 0 Å². The highest BCUT2D eigenvalue weighted by Crippen LogP contribution is 2.17. The number of sulfonamides is 1. The third-order valence-electron chi connectivity index (χ3n) is 4.18. The molecule has 0 unspecified atom stereocenters. The Balaban J connectivity index is 1.65. The van der Waals surface area contributed by atoms with E-state index < -0.39 is 20.9 Å². The fourth-order valence-corrected chi connectivity index (χ4v) is 3.92. The molecule has 0 aliphatic rings. The predicted octanol–water partition coefficient (Wildman–Crippen LogP) is 2.93. The quantitative estimate of drug-likeness (QED) is 0.271. The highest BCUT2D eigenvalue weighted by molar-refractivity contribution is 7.92. The number of benzene rings is 2. The third kappa shape index (κ3) is 6.27. The van der Waals surface area contributed by atoms with Crippen molar-refractivity contribution in [3.8, 4) is 0 Å². The number of carbonyl (C=O) groups is 1. The lowest BCUT2D eigenvalue weighted by atomic mass is 10.2. The molecule has 2 aromatic carbocycles. The molecule has 13 heteroatoms. The largest absolute Gasteiger partial charge is 0.332 e. The van der Waals surface area contributed by atoms with Crippen molar-refractivity contribution in [1.29, 1.82) is 0 Å². The minimum atomic E-state index is -3.92. The number of non-ortho nitro benzene ring substituents is 1. The van der Waals surface area contributed by atoms with E-state index in [0.717, 1.165) is 6.07 Å². The summed E-state index contributed by atoms with van der Waals surface area (Å²) in [6, 6.07) is 12.5. The van der Waals surface area contributed by atoms with Gasteiger partial charge in [0, 0.05) is 34.8 Å². The standard InChI is InChI=1S/C20H18N6O5S2/c1-12-10-13(2)22-19(21-12)25-33(30,31)17-8-6-15(7-9-17)23-20(32)24-18(27)14-4-3-5-16(11-14)26(28)29/h3-11H,1-2H3,(H,21,22,25)(H2,23,24,27,32). The summed E-state index contributed by atoms with van der Waals surface area (Å²) in [4.78, 5) is 30.6. The van der Waals surface area contributed by atoms with Crippen molar-refractivity contribution < 1.29 is 18.1 Å².